The van der Waals surface area contributed by atoms with Crippen molar-refractivity contribution in [2.45, 2.75) is 50.8 Å². The van der Waals surface area contributed by atoms with Crippen molar-refractivity contribution in [3.63, 3.8) is 0 Å². The zero-order valence-corrected chi connectivity index (χ0v) is 12.3. The summed E-state index contributed by atoms with van der Waals surface area (Å²) in [5.74, 6) is 1.32. The van der Waals surface area contributed by atoms with Crippen molar-refractivity contribution in [1.82, 2.24) is 0 Å². The topological polar surface area (TPSA) is 34.1 Å². The molecule has 0 aliphatic heterocycles. The number of benzene rings is 1. The molecule has 0 spiro atoms. The van der Waals surface area contributed by atoms with E-state index in [0.717, 1.165) is 4.90 Å². The monoisotopic (exact) mass is 266 g/mol. The Kier molecular flexibility index (Phi) is 6.27. The highest BCUT2D eigenvalue weighted by Gasteiger charge is 2.06. The van der Waals surface area contributed by atoms with Gasteiger partial charge in [0.1, 0.15) is 5.78 Å². The molecule has 0 N–H and O–H groups in total. The molecule has 1 aromatic rings. The van der Waals surface area contributed by atoms with Crippen LogP contribution in [0.25, 0.3) is 0 Å². The molecular formula is C15H22O2S. The highest BCUT2D eigenvalue weighted by atomic mass is 32.2. The molecule has 0 saturated carbocycles. The molecule has 18 heavy (non-hydrogen) atoms. The first kappa shape index (κ1) is 15.1. The lowest BCUT2D eigenvalue weighted by molar-refractivity contribution is -0.118. The van der Waals surface area contributed by atoms with Crippen LogP contribution in [-0.4, -0.2) is 15.7 Å². The van der Waals surface area contributed by atoms with E-state index in [1.54, 1.807) is 0 Å². The van der Waals surface area contributed by atoms with Gasteiger partial charge in [0, 0.05) is 23.5 Å². The van der Waals surface area contributed by atoms with E-state index >= 15 is 0 Å². The van der Waals surface area contributed by atoms with Gasteiger partial charge < -0.3 is 0 Å². The Labute approximate surface area is 112 Å². The van der Waals surface area contributed by atoms with Gasteiger partial charge >= 0.3 is 0 Å². The molecule has 3 heteroatoms. The lowest BCUT2D eigenvalue weighted by Gasteiger charge is -2.06. The van der Waals surface area contributed by atoms with Gasteiger partial charge in [0.25, 0.3) is 0 Å². The van der Waals surface area contributed by atoms with E-state index < -0.39 is 10.8 Å². The highest BCUT2D eigenvalue weighted by Crippen LogP contribution is 2.17. The minimum Gasteiger partial charge on any atom is -0.300 e. The first-order valence-corrected chi connectivity index (χ1v) is 7.86. The lowest BCUT2D eigenvalue weighted by atomic mass is 10.0. The van der Waals surface area contributed by atoms with Gasteiger partial charge in [0.05, 0.1) is 10.8 Å². The maximum absolute atomic E-state index is 12.0. The molecule has 0 fully saturated rings. The van der Waals surface area contributed by atoms with E-state index in [0.29, 0.717) is 30.9 Å². The van der Waals surface area contributed by atoms with Gasteiger partial charge in [0.15, 0.2) is 0 Å². The molecule has 0 aliphatic rings. The smallest absolute Gasteiger partial charge is 0.132 e. The van der Waals surface area contributed by atoms with Crippen LogP contribution in [-0.2, 0) is 15.6 Å². The summed E-state index contributed by atoms with van der Waals surface area (Å²) in [5, 5.41) is 0. The molecule has 0 radical (unpaired) electrons. The second-order valence-electron chi connectivity index (χ2n) is 4.77. The van der Waals surface area contributed by atoms with Crippen LogP contribution in [0.2, 0.25) is 0 Å². The summed E-state index contributed by atoms with van der Waals surface area (Å²) in [5.41, 5.74) is 1.26. The van der Waals surface area contributed by atoms with Gasteiger partial charge in [-0.25, -0.2) is 0 Å². The third-order valence-corrected chi connectivity index (χ3v) is 4.45. The normalized spacial score (nSPS) is 12.7. The van der Waals surface area contributed by atoms with Crippen LogP contribution in [0.3, 0.4) is 0 Å². The van der Waals surface area contributed by atoms with Gasteiger partial charge in [-0.05, 0) is 30.0 Å². The number of ketones is 1. The van der Waals surface area contributed by atoms with Gasteiger partial charge in [-0.1, -0.05) is 32.9 Å². The Balaban J connectivity index is 2.49. The van der Waals surface area contributed by atoms with Crippen LogP contribution < -0.4 is 0 Å². The molecular weight excluding hydrogens is 244 g/mol. The number of carbonyl (C=O) groups excluding carboxylic acids is 1. The average Bonchev–Trinajstić information content (AvgIpc) is 2.38. The number of hydrogen-bond acceptors (Lipinski definition) is 2. The van der Waals surface area contributed by atoms with Crippen molar-refractivity contribution in [3.05, 3.63) is 29.8 Å². The first-order valence-electron chi connectivity index (χ1n) is 6.54. The second-order valence-corrected chi connectivity index (χ2v) is 6.34. The Bertz CT molecular complexity index is 407. The van der Waals surface area contributed by atoms with E-state index in [2.05, 4.69) is 13.8 Å². The minimum atomic E-state index is -0.976. The van der Waals surface area contributed by atoms with Crippen LogP contribution in [0, 0.1) is 0 Å². The number of hydrogen-bond donors (Lipinski definition) is 0. The van der Waals surface area contributed by atoms with Crippen molar-refractivity contribution in [3.8, 4) is 0 Å². The molecule has 0 amide bonds. The number of rotatable bonds is 7. The van der Waals surface area contributed by atoms with E-state index in [4.69, 9.17) is 0 Å². The summed E-state index contributed by atoms with van der Waals surface area (Å²) in [6.07, 6.45) is 1.84. The van der Waals surface area contributed by atoms with Crippen LogP contribution in [0.5, 0.6) is 0 Å². The fourth-order valence-corrected chi connectivity index (χ4v) is 2.78. The van der Waals surface area contributed by atoms with Gasteiger partial charge in [0.2, 0.25) is 0 Å². The number of Topliss-reactive ketones (excluding diaryl/α,β-unsaturated/α-hetero) is 1. The molecule has 1 aromatic carbocycles. The Morgan fingerprint density at radius 1 is 1.22 bits per heavy atom. The summed E-state index contributed by atoms with van der Waals surface area (Å²) in [6.45, 7) is 6.15. The van der Waals surface area contributed by atoms with Crippen molar-refractivity contribution >= 4 is 16.6 Å². The van der Waals surface area contributed by atoms with Crippen molar-refractivity contribution in [2.75, 3.05) is 5.75 Å². The Morgan fingerprint density at radius 3 is 2.33 bits per heavy atom. The molecule has 1 unspecified atom stereocenters. The molecule has 100 valence electrons. The molecule has 1 rings (SSSR count). The van der Waals surface area contributed by atoms with Crippen molar-refractivity contribution in [2.24, 2.45) is 0 Å². The maximum atomic E-state index is 12.0. The van der Waals surface area contributed by atoms with Crippen LogP contribution in [0.15, 0.2) is 29.2 Å². The predicted molar refractivity (Wildman–Crippen MR) is 76.3 cm³/mol. The quantitative estimate of drug-likeness (QED) is 0.754. The summed E-state index contributed by atoms with van der Waals surface area (Å²) in [6, 6.07) is 7.95. The molecule has 0 bridgehead atoms. The Morgan fingerprint density at radius 2 is 1.83 bits per heavy atom. The van der Waals surface area contributed by atoms with Crippen molar-refractivity contribution < 1.29 is 9.00 Å². The largest absolute Gasteiger partial charge is 0.300 e. The van der Waals surface area contributed by atoms with Crippen molar-refractivity contribution in [1.29, 1.82) is 0 Å². The SMILES string of the molecule is CCC(=O)CCCS(=O)c1ccc(C(C)C)cc1. The van der Waals surface area contributed by atoms with E-state index in [-0.39, 0.29) is 5.78 Å². The minimum absolute atomic E-state index is 0.252. The van der Waals surface area contributed by atoms with Crippen LogP contribution in [0.4, 0.5) is 0 Å². The standard InChI is InChI=1S/C15H22O2S/c1-4-14(16)6-5-11-18(17)15-9-7-13(8-10-15)12(2)3/h7-10,12H,4-6,11H2,1-3H3. The second kappa shape index (κ2) is 7.47. The highest BCUT2D eigenvalue weighted by molar-refractivity contribution is 7.85. The summed E-state index contributed by atoms with van der Waals surface area (Å²) < 4.78 is 12.0. The number of carbonyl (C=O) groups is 1. The molecule has 0 saturated heterocycles. The van der Waals surface area contributed by atoms with Crippen LogP contribution >= 0.6 is 0 Å². The molecule has 1 atom stereocenters. The average molecular weight is 266 g/mol. The van der Waals surface area contributed by atoms with E-state index in [9.17, 15) is 9.00 Å². The van der Waals surface area contributed by atoms with Gasteiger partial charge in [-0.3, -0.25) is 9.00 Å². The third-order valence-electron chi connectivity index (χ3n) is 2.99. The third kappa shape index (κ3) is 4.73. The van der Waals surface area contributed by atoms with E-state index in [1.807, 2.05) is 31.2 Å². The van der Waals surface area contributed by atoms with Gasteiger partial charge in [-0.2, -0.15) is 0 Å². The maximum Gasteiger partial charge on any atom is 0.132 e. The molecule has 0 aromatic heterocycles. The first-order chi connectivity index (χ1) is 8.54. The zero-order chi connectivity index (χ0) is 13.5. The van der Waals surface area contributed by atoms with Crippen LogP contribution in [0.1, 0.15) is 51.5 Å². The summed E-state index contributed by atoms with van der Waals surface area (Å²) in [4.78, 5) is 12.0. The van der Waals surface area contributed by atoms with Gasteiger partial charge in [-0.15, -0.1) is 0 Å². The molecule has 0 heterocycles. The zero-order valence-electron chi connectivity index (χ0n) is 11.4. The molecule has 2 nitrogen and oxygen atoms in total. The lowest BCUT2D eigenvalue weighted by Crippen LogP contribution is -2.02. The summed E-state index contributed by atoms with van der Waals surface area (Å²) in [7, 11) is -0.976. The molecule has 0 aliphatic carbocycles. The fourth-order valence-electron chi connectivity index (χ4n) is 1.70. The fraction of sp³-hybridized carbons (Fsp3) is 0.533. The summed E-state index contributed by atoms with van der Waals surface area (Å²) >= 11 is 0. The van der Waals surface area contributed by atoms with E-state index in [1.165, 1.54) is 5.56 Å². The Hall–Kier alpha value is -0.960. The predicted octanol–water partition coefficient (Wildman–Crippen LogP) is 3.68.